The van der Waals surface area contributed by atoms with E-state index in [1.807, 2.05) is 0 Å². The van der Waals surface area contributed by atoms with Crippen LogP contribution in [0.2, 0.25) is 0 Å². The van der Waals surface area contributed by atoms with Gasteiger partial charge in [0, 0.05) is 11.6 Å². The number of anilines is 2. The zero-order chi connectivity index (χ0) is 22.9. The number of carbonyl (C=O) groups is 1. The zero-order valence-electron chi connectivity index (χ0n) is 16.4. The van der Waals surface area contributed by atoms with Crippen molar-refractivity contribution in [2.75, 3.05) is 17.1 Å². The SMILES string of the molecule is COc1ccccc1NS(=O)(=O)c1cccc(C(=O)Nc2nc3cc(F)c(F)cc3s2)c1. The molecule has 11 heteroatoms. The zero-order valence-corrected chi connectivity index (χ0v) is 18.1. The predicted molar refractivity (Wildman–Crippen MR) is 118 cm³/mol. The van der Waals surface area contributed by atoms with Crippen LogP contribution in [-0.4, -0.2) is 26.4 Å². The first-order valence-electron chi connectivity index (χ1n) is 9.09. The number of nitrogens with one attached hydrogen (secondary N) is 2. The summed E-state index contributed by atoms with van der Waals surface area (Å²) in [5.74, 6) is -2.34. The van der Waals surface area contributed by atoms with E-state index in [2.05, 4.69) is 15.0 Å². The summed E-state index contributed by atoms with van der Waals surface area (Å²) in [5.41, 5.74) is 0.504. The lowest BCUT2D eigenvalue weighted by Gasteiger charge is -2.12. The number of benzene rings is 3. The Hall–Kier alpha value is -3.57. The number of thiazole rings is 1. The Balaban J connectivity index is 1.57. The van der Waals surface area contributed by atoms with Crippen molar-refractivity contribution in [1.82, 2.24) is 4.98 Å². The summed E-state index contributed by atoms with van der Waals surface area (Å²) in [6, 6.07) is 13.9. The van der Waals surface area contributed by atoms with E-state index < -0.39 is 27.6 Å². The lowest BCUT2D eigenvalue weighted by molar-refractivity contribution is 0.102. The van der Waals surface area contributed by atoms with Gasteiger partial charge in [-0.25, -0.2) is 22.2 Å². The number of carbonyl (C=O) groups excluding carboxylic acids is 1. The highest BCUT2D eigenvalue weighted by molar-refractivity contribution is 7.92. The highest BCUT2D eigenvalue weighted by Crippen LogP contribution is 2.29. The third-order valence-electron chi connectivity index (χ3n) is 4.41. The van der Waals surface area contributed by atoms with Crippen molar-refractivity contribution in [3.05, 3.63) is 77.9 Å². The van der Waals surface area contributed by atoms with Crippen molar-refractivity contribution in [3.8, 4) is 5.75 Å². The maximum Gasteiger partial charge on any atom is 0.262 e. The molecular weight excluding hydrogens is 460 g/mol. The second-order valence-electron chi connectivity index (χ2n) is 6.54. The Kier molecular flexibility index (Phi) is 5.76. The van der Waals surface area contributed by atoms with Crippen LogP contribution in [0.25, 0.3) is 10.2 Å². The van der Waals surface area contributed by atoms with Crippen LogP contribution in [-0.2, 0) is 10.0 Å². The number of hydrogen-bond donors (Lipinski definition) is 2. The maximum absolute atomic E-state index is 13.4. The molecule has 164 valence electrons. The quantitative estimate of drug-likeness (QED) is 0.424. The number of halogens is 2. The van der Waals surface area contributed by atoms with Crippen molar-refractivity contribution in [2.24, 2.45) is 0 Å². The van der Waals surface area contributed by atoms with E-state index in [0.717, 1.165) is 23.5 Å². The van der Waals surface area contributed by atoms with Gasteiger partial charge in [0.05, 0.1) is 27.9 Å². The van der Waals surface area contributed by atoms with Crippen LogP contribution in [0.4, 0.5) is 19.6 Å². The summed E-state index contributed by atoms with van der Waals surface area (Å²) in [6.45, 7) is 0. The van der Waals surface area contributed by atoms with Gasteiger partial charge in [-0.3, -0.25) is 14.8 Å². The number of rotatable bonds is 6. The molecule has 1 aromatic heterocycles. The minimum Gasteiger partial charge on any atom is -0.495 e. The molecule has 0 bridgehead atoms. The second kappa shape index (κ2) is 8.52. The monoisotopic (exact) mass is 475 g/mol. The molecule has 0 radical (unpaired) electrons. The normalized spacial score (nSPS) is 11.3. The van der Waals surface area contributed by atoms with Crippen LogP contribution < -0.4 is 14.8 Å². The summed E-state index contributed by atoms with van der Waals surface area (Å²) < 4.78 is 60.3. The van der Waals surface area contributed by atoms with Crippen LogP contribution in [0, 0.1) is 11.6 Å². The first-order valence-corrected chi connectivity index (χ1v) is 11.4. The molecule has 0 aliphatic carbocycles. The minimum absolute atomic E-state index is 0.0597. The Bertz CT molecular complexity index is 1400. The second-order valence-corrected chi connectivity index (χ2v) is 9.25. The first-order chi connectivity index (χ1) is 15.3. The molecule has 0 atom stereocenters. The molecule has 0 saturated carbocycles. The van der Waals surface area contributed by atoms with E-state index in [9.17, 15) is 22.0 Å². The van der Waals surface area contributed by atoms with Gasteiger partial charge in [0.2, 0.25) is 0 Å². The van der Waals surface area contributed by atoms with Gasteiger partial charge in [-0.1, -0.05) is 29.5 Å². The topological polar surface area (TPSA) is 97.4 Å². The van der Waals surface area contributed by atoms with E-state index in [0.29, 0.717) is 10.4 Å². The fraction of sp³-hybridized carbons (Fsp3) is 0.0476. The molecular formula is C21H15F2N3O4S2. The summed E-state index contributed by atoms with van der Waals surface area (Å²) in [4.78, 5) is 16.6. The van der Waals surface area contributed by atoms with E-state index in [1.165, 1.54) is 31.4 Å². The van der Waals surface area contributed by atoms with Gasteiger partial charge >= 0.3 is 0 Å². The molecule has 4 aromatic rings. The molecule has 4 rings (SSSR count). The molecule has 0 aliphatic heterocycles. The van der Waals surface area contributed by atoms with Gasteiger partial charge < -0.3 is 4.74 Å². The van der Waals surface area contributed by atoms with Gasteiger partial charge in [0.15, 0.2) is 16.8 Å². The van der Waals surface area contributed by atoms with Gasteiger partial charge in [0.1, 0.15) is 5.75 Å². The van der Waals surface area contributed by atoms with E-state index in [-0.39, 0.29) is 26.8 Å². The average Bonchev–Trinajstić information content (AvgIpc) is 3.15. The van der Waals surface area contributed by atoms with Crippen molar-refractivity contribution in [2.45, 2.75) is 4.90 Å². The largest absolute Gasteiger partial charge is 0.495 e. The number of amides is 1. The van der Waals surface area contributed by atoms with Crippen molar-refractivity contribution in [3.63, 3.8) is 0 Å². The number of fused-ring (bicyclic) bond motifs is 1. The minimum atomic E-state index is -4.01. The van der Waals surface area contributed by atoms with Gasteiger partial charge in [0.25, 0.3) is 15.9 Å². The lowest BCUT2D eigenvalue weighted by atomic mass is 10.2. The van der Waals surface area contributed by atoms with Crippen LogP contribution in [0.1, 0.15) is 10.4 Å². The Morgan fingerprint density at radius 1 is 1.03 bits per heavy atom. The van der Waals surface area contributed by atoms with Crippen molar-refractivity contribution < 1.29 is 26.7 Å². The average molecular weight is 475 g/mol. The Labute approximate surface area is 185 Å². The summed E-state index contributed by atoms with van der Waals surface area (Å²) in [6.07, 6.45) is 0. The Morgan fingerprint density at radius 2 is 1.78 bits per heavy atom. The van der Waals surface area contributed by atoms with Gasteiger partial charge in [-0.15, -0.1) is 0 Å². The molecule has 3 aromatic carbocycles. The first kappa shape index (κ1) is 21.7. The molecule has 2 N–H and O–H groups in total. The summed E-state index contributed by atoms with van der Waals surface area (Å²) >= 11 is 0.965. The van der Waals surface area contributed by atoms with Crippen LogP contribution in [0.5, 0.6) is 5.75 Å². The van der Waals surface area contributed by atoms with Crippen LogP contribution in [0.3, 0.4) is 0 Å². The number of sulfonamides is 1. The highest BCUT2D eigenvalue weighted by Gasteiger charge is 2.19. The number of aromatic nitrogens is 1. The molecule has 1 amide bonds. The molecule has 32 heavy (non-hydrogen) atoms. The number of methoxy groups -OCH3 is 1. The number of hydrogen-bond acceptors (Lipinski definition) is 6. The molecule has 0 fully saturated rings. The third-order valence-corrected chi connectivity index (χ3v) is 6.71. The van der Waals surface area contributed by atoms with E-state index in [1.54, 1.807) is 24.3 Å². The molecule has 1 heterocycles. The number of ether oxygens (including phenoxy) is 1. The summed E-state index contributed by atoms with van der Waals surface area (Å²) in [7, 11) is -2.59. The van der Waals surface area contributed by atoms with Crippen molar-refractivity contribution >= 4 is 48.3 Å². The standard InChI is InChI=1S/C21H15F2N3O4S2/c1-30-18-8-3-2-7-16(18)26-32(28,29)13-6-4-5-12(9-13)20(27)25-21-24-17-10-14(22)15(23)11-19(17)31-21/h2-11,26H,1H3,(H,24,25,27). The Morgan fingerprint density at radius 3 is 2.56 bits per heavy atom. The van der Waals surface area contributed by atoms with E-state index in [4.69, 9.17) is 4.74 Å². The van der Waals surface area contributed by atoms with E-state index >= 15 is 0 Å². The van der Waals surface area contributed by atoms with Crippen molar-refractivity contribution in [1.29, 1.82) is 0 Å². The van der Waals surface area contributed by atoms with Gasteiger partial charge in [-0.05, 0) is 36.4 Å². The lowest BCUT2D eigenvalue weighted by Crippen LogP contribution is -2.16. The fourth-order valence-electron chi connectivity index (χ4n) is 2.88. The number of para-hydroxylation sites is 2. The highest BCUT2D eigenvalue weighted by atomic mass is 32.2. The summed E-state index contributed by atoms with van der Waals surface area (Å²) in [5, 5.41) is 2.64. The van der Waals surface area contributed by atoms with Gasteiger partial charge in [-0.2, -0.15) is 0 Å². The molecule has 0 spiro atoms. The van der Waals surface area contributed by atoms with Crippen LogP contribution >= 0.6 is 11.3 Å². The molecule has 0 aliphatic rings. The van der Waals surface area contributed by atoms with Crippen LogP contribution in [0.15, 0.2) is 65.6 Å². The maximum atomic E-state index is 13.4. The molecule has 7 nitrogen and oxygen atoms in total. The third kappa shape index (κ3) is 4.39. The fourth-order valence-corrected chi connectivity index (χ4v) is 4.87. The number of nitrogens with zero attached hydrogens (tertiary/aromatic N) is 1. The molecule has 0 saturated heterocycles. The predicted octanol–water partition coefficient (Wildman–Crippen LogP) is 4.64. The smallest absolute Gasteiger partial charge is 0.262 e. The molecule has 0 unspecified atom stereocenters.